The molecule has 4 rings (SSSR count). The van der Waals surface area contributed by atoms with Gasteiger partial charge in [-0.3, -0.25) is 14.2 Å². The van der Waals surface area contributed by atoms with Crippen molar-refractivity contribution in [3.63, 3.8) is 0 Å². The minimum Gasteiger partial charge on any atom is -0.343 e. The van der Waals surface area contributed by atoms with E-state index in [9.17, 15) is 4.79 Å². The molecule has 0 unspecified atom stereocenters. The molecule has 4 aromatic heterocycles. The molecule has 25 heavy (non-hydrogen) atoms. The Morgan fingerprint density at radius 2 is 2.24 bits per heavy atom. The highest BCUT2D eigenvalue weighted by molar-refractivity contribution is 5.91. The Labute approximate surface area is 141 Å². The van der Waals surface area contributed by atoms with Crippen LogP contribution in [0.4, 0.5) is 0 Å². The lowest BCUT2D eigenvalue weighted by Crippen LogP contribution is -2.25. The second-order valence-corrected chi connectivity index (χ2v) is 5.15. The largest absolute Gasteiger partial charge is 0.343 e. The van der Waals surface area contributed by atoms with Crippen LogP contribution < -0.4 is 5.32 Å². The van der Waals surface area contributed by atoms with Gasteiger partial charge in [-0.25, -0.2) is 4.98 Å². The van der Waals surface area contributed by atoms with Crippen LogP contribution in [-0.2, 0) is 6.54 Å². The average Bonchev–Trinajstić information content (AvgIpc) is 3.26. The number of fused-ring (bicyclic) bond motifs is 1. The van der Waals surface area contributed by atoms with Crippen LogP contribution >= 0.6 is 0 Å². The van der Waals surface area contributed by atoms with Crippen molar-refractivity contribution in [2.24, 2.45) is 0 Å². The molecular weight excluding hydrogens is 324 g/mol. The number of hydrogen-bond donors (Lipinski definition) is 1. The molecule has 0 spiro atoms. The van der Waals surface area contributed by atoms with Crippen LogP contribution in [0, 0.1) is 6.92 Å². The predicted octanol–water partition coefficient (Wildman–Crippen LogP) is 0.808. The van der Waals surface area contributed by atoms with E-state index in [-0.39, 0.29) is 18.1 Å². The second kappa shape index (κ2) is 6.07. The van der Waals surface area contributed by atoms with Crippen LogP contribution in [-0.4, -0.2) is 40.6 Å². The lowest BCUT2D eigenvalue weighted by molar-refractivity contribution is 0.0944. The summed E-state index contributed by atoms with van der Waals surface area (Å²) < 4.78 is 6.95. The molecule has 0 fully saturated rings. The number of carbonyl (C=O) groups is 1. The maximum Gasteiger partial charge on any atom is 0.271 e. The Hall–Kier alpha value is -3.69. The van der Waals surface area contributed by atoms with Crippen molar-refractivity contribution in [3.8, 4) is 11.5 Å². The first-order valence-corrected chi connectivity index (χ1v) is 7.40. The molecule has 0 aromatic carbocycles. The van der Waals surface area contributed by atoms with Crippen molar-refractivity contribution in [2.45, 2.75) is 13.5 Å². The average molecular weight is 336 g/mol. The Bertz CT molecular complexity index is 1040. The molecule has 0 aliphatic heterocycles. The van der Waals surface area contributed by atoms with Gasteiger partial charge in [-0.05, 0) is 19.1 Å². The summed E-state index contributed by atoms with van der Waals surface area (Å²) in [5.74, 6) is 1.12. The monoisotopic (exact) mass is 336 g/mol. The van der Waals surface area contributed by atoms with E-state index in [1.54, 1.807) is 17.5 Å². The zero-order valence-corrected chi connectivity index (χ0v) is 13.1. The zero-order valence-electron chi connectivity index (χ0n) is 13.1. The molecule has 0 aliphatic rings. The van der Waals surface area contributed by atoms with Gasteiger partial charge in [0, 0.05) is 18.6 Å². The van der Waals surface area contributed by atoms with Gasteiger partial charge in [-0.1, -0.05) is 5.16 Å². The van der Waals surface area contributed by atoms with Crippen molar-refractivity contribution in [2.75, 3.05) is 0 Å². The number of hydrogen-bond acceptors (Lipinski definition) is 8. The Balaban J connectivity index is 1.60. The first-order chi connectivity index (χ1) is 12.2. The summed E-state index contributed by atoms with van der Waals surface area (Å²) in [6.45, 7) is 1.92. The molecular formula is C15H12N8O2. The Morgan fingerprint density at radius 3 is 3.00 bits per heavy atom. The summed E-state index contributed by atoms with van der Waals surface area (Å²) in [4.78, 5) is 24.1. The second-order valence-electron chi connectivity index (χ2n) is 5.15. The summed E-state index contributed by atoms with van der Waals surface area (Å²) in [6, 6.07) is 3.64. The molecule has 0 bridgehead atoms. The fourth-order valence-corrected chi connectivity index (χ4v) is 2.32. The molecule has 1 N–H and O–H groups in total. The van der Waals surface area contributed by atoms with E-state index in [2.05, 4.69) is 35.6 Å². The number of aryl methyl sites for hydroxylation is 1. The van der Waals surface area contributed by atoms with Gasteiger partial charge in [-0.2, -0.15) is 4.98 Å². The molecule has 0 saturated heterocycles. The van der Waals surface area contributed by atoms with E-state index in [0.717, 1.165) is 0 Å². The van der Waals surface area contributed by atoms with E-state index in [1.165, 1.54) is 18.6 Å². The van der Waals surface area contributed by atoms with Gasteiger partial charge in [0.2, 0.25) is 0 Å². The van der Waals surface area contributed by atoms with E-state index < -0.39 is 0 Å². The topological polar surface area (TPSA) is 124 Å². The zero-order chi connectivity index (χ0) is 17.2. The van der Waals surface area contributed by atoms with Crippen LogP contribution in [0.5, 0.6) is 0 Å². The summed E-state index contributed by atoms with van der Waals surface area (Å²) in [6.07, 6.45) is 6.16. The smallest absolute Gasteiger partial charge is 0.271 e. The molecule has 4 aromatic rings. The molecule has 4 heterocycles. The molecule has 1 amide bonds. The number of nitrogens with one attached hydrogen (secondary N) is 1. The number of rotatable bonds is 4. The minimum absolute atomic E-state index is 0.183. The molecule has 0 aliphatic carbocycles. The van der Waals surface area contributed by atoms with Crippen molar-refractivity contribution in [3.05, 3.63) is 54.3 Å². The first kappa shape index (κ1) is 14.9. The van der Waals surface area contributed by atoms with Crippen LogP contribution in [0.25, 0.3) is 17.1 Å². The number of nitrogens with zero attached hydrogens (tertiary/aromatic N) is 7. The normalized spacial score (nSPS) is 10.9. The number of pyridine rings is 1. The Kier molecular flexibility index (Phi) is 3.61. The van der Waals surface area contributed by atoms with Gasteiger partial charge >= 0.3 is 0 Å². The van der Waals surface area contributed by atoms with Crippen LogP contribution in [0.3, 0.4) is 0 Å². The molecule has 124 valence electrons. The van der Waals surface area contributed by atoms with Gasteiger partial charge in [0.05, 0.1) is 18.3 Å². The minimum atomic E-state index is -0.339. The highest BCUT2D eigenvalue weighted by Gasteiger charge is 2.16. The standard InChI is InChI=1S/C15H12N8O2/c1-9-19-15(25-22-9)10-3-2-6-23-12(20-21-13(10)23)8-18-14(24)11-7-16-4-5-17-11/h2-7H,8H2,1H3,(H,18,24). The van der Waals surface area contributed by atoms with E-state index in [1.807, 2.05) is 12.1 Å². The van der Waals surface area contributed by atoms with E-state index >= 15 is 0 Å². The fraction of sp³-hybridized carbons (Fsp3) is 0.133. The van der Waals surface area contributed by atoms with Crippen molar-refractivity contribution in [1.29, 1.82) is 0 Å². The summed E-state index contributed by atoms with van der Waals surface area (Å²) in [7, 11) is 0. The molecule has 0 saturated carbocycles. The van der Waals surface area contributed by atoms with E-state index in [0.29, 0.717) is 28.8 Å². The SMILES string of the molecule is Cc1noc(-c2cccn3c(CNC(=O)c4cnccn4)nnc23)n1. The molecule has 0 atom stereocenters. The maximum absolute atomic E-state index is 12.1. The third kappa shape index (κ3) is 2.80. The quantitative estimate of drug-likeness (QED) is 0.580. The number of aromatic nitrogens is 7. The summed E-state index contributed by atoms with van der Waals surface area (Å²) in [5.41, 5.74) is 1.47. The van der Waals surface area contributed by atoms with Gasteiger partial charge < -0.3 is 9.84 Å². The van der Waals surface area contributed by atoms with Crippen molar-refractivity contribution in [1.82, 2.24) is 40.0 Å². The first-order valence-electron chi connectivity index (χ1n) is 7.40. The fourth-order valence-electron chi connectivity index (χ4n) is 2.32. The van der Waals surface area contributed by atoms with Crippen molar-refractivity contribution < 1.29 is 9.32 Å². The summed E-state index contributed by atoms with van der Waals surface area (Å²) in [5, 5.41) is 14.8. The Morgan fingerprint density at radius 1 is 1.32 bits per heavy atom. The van der Waals surface area contributed by atoms with Gasteiger partial charge in [0.1, 0.15) is 5.69 Å². The third-order valence-electron chi connectivity index (χ3n) is 3.47. The van der Waals surface area contributed by atoms with Gasteiger partial charge in [-0.15, -0.1) is 10.2 Å². The molecule has 0 radical (unpaired) electrons. The highest BCUT2D eigenvalue weighted by Crippen LogP contribution is 2.21. The summed E-state index contributed by atoms with van der Waals surface area (Å²) >= 11 is 0. The van der Waals surface area contributed by atoms with Crippen molar-refractivity contribution >= 4 is 11.6 Å². The van der Waals surface area contributed by atoms with Gasteiger partial charge in [0.25, 0.3) is 11.8 Å². The maximum atomic E-state index is 12.1. The van der Waals surface area contributed by atoms with Crippen LogP contribution in [0.2, 0.25) is 0 Å². The number of carbonyl (C=O) groups excluding carboxylic acids is 1. The van der Waals surface area contributed by atoms with Gasteiger partial charge in [0.15, 0.2) is 17.3 Å². The third-order valence-corrected chi connectivity index (χ3v) is 3.47. The molecule has 10 nitrogen and oxygen atoms in total. The van der Waals surface area contributed by atoms with E-state index in [4.69, 9.17) is 4.52 Å². The molecule has 10 heteroatoms. The number of amides is 1. The lowest BCUT2D eigenvalue weighted by atomic mass is 10.2. The lowest BCUT2D eigenvalue weighted by Gasteiger charge is -2.04. The highest BCUT2D eigenvalue weighted by atomic mass is 16.5. The van der Waals surface area contributed by atoms with Crippen LogP contribution in [0.1, 0.15) is 22.1 Å². The predicted molar refractivity (Wildman–Crippen MR) is 84.2 cm³/mol. The van der Waals surface area contributed by atoms with Crippen LogP contribution in [0.15, 0.2) is 41.4 Å².